The van der Waals surface area contributed by atoms with Crippen LogP contribution in [0.1, 0.15) is 44.3 Å². The molecule has 0 N–H and O–H groups in total. The third kappa shape index (κ3) is 2.55. The minimum atomic E-state index is -0.0694. The molecule has 5 rings (SSSR count). The highest BCUT2D eigenvalue weighted by Gasteiger charge is 2.25. The van der Waals surface area contributed by atoms with E-state index in [2.05, 4.69) is 22.2 Å². The highest BCUT2D eigenvalue weighted by Crippen LogP contribution is 2.33. The Morgan fingerprint density at radius 1 is 1.04 bits per heavy atom. The summed E-state index contributed by atoms with van der Waals surface area (Å²) >= 11 is 0. The van der Waals surface area contributed by atoms with Gasteiger partial charge in [-0.25, -0.2) is 4.52 Å². The Hall–Kier alpha value is -3.02. The zero-order valence-corrected chi connectivity index (χ0v) is 16.2. The van der Waals surface area contributed by atoms with Gasteiger partial charge in [-0.3, -0.25) is 4.79 Å². The van der Waals surface area contributed by atoms with Gasteiger partial charge in [0.2, 0.25) is 0 Å². The molecule has 1 fully saturated rings. The molecular formula is C22H23N5O. The van der Waals surface area contributed by atoms with E-state index in [0.717, 1.165) is 23.2 Å². The van der Waals surface area contributed by atoms with Crippen molar-refractivity contribution < 1.29 is 0 Å². The molecule has 0 amide bonds. The minimum Gasteiger partial charge on any atom is -0.310 e. The quantitative estimate of drug-likeness (QED) is 0.529. The highest BCUT2D eigenvalue weighted by atomic mass is 16.1. The Morgan fingerprint density at radius 2 is 1.82 bits per heavy atom. The molecule has 2 atom stereocenters. The summed E-state index contributed by atoms with van der Waals surface area (Å²) < 4.78 is 3.62. The third-order valence-corrected chi connectivity index (χ3v) is 6.07. The van der Waals surface area contributed by atoms with Gasteiger partial charge in [0.25, 0.3) is 5.56 Å². The topological polar surface area (TPSA) is 65.1 Å². The molecule has 3 heterocycles. The molecule has 28 heavy (non-hydrogen) atoms. The lowest BCUT2D eigenvalue weighted by Gasteiger charge is -2.30. The van der Waals surface area contributed by atoms with Gasteiger partial charge in [-0.2, -0.15) is 5.10 Å². The molecule has 1 aromatic carbocycles. The van der Waals surface area contributed by atoms with E-state index in [1.165, 1.54) is 19.3 Å². The highest BCUT2D eigenvalue weighted by molar-refractivity contribution is 5.84. The van der Waals surface area contributed by atoms with Crippen molar-refractivity contribution in [1.82, 2.24) is 24.4 Å². The Morgan fingerprint density at radius 3 is 2.61 bits per heavy atom. The molecule has 1 aliphatic carbocycles. The Balaban J connectivity index is 1.72. The maximum Gasteiger partial charge on any atom is 0.280 e. The number of pyridine rings is 1. The fourth-order valence-electron chi connectivity index (χ4n) is 4.58. The van der Waals surface area contributed by atoms with Crippen LogP contribution in [-0.2, 0) is 0 Å². The Kier molecular flexibility index (Phi) is 4.00. The van der Waals surface area contributed by atoms with Crippen LogP contribution in [0.5, 0.6) is 0 Å². The average Bonchev–Trinajstić information content (AvgIpc) is 3.06. The number of aryl methyl sites for hydroxylation is 1. The summed E-state index contributed by atoms with van der Waals surface area (Å²) in [6.45, 7) is 4.20. The van der Waals surface area contributed by atoms with Crippen molar-refractivity contribution in [3.63, 3.8) is 0 Å². The van der Waals surface area contributed by atoms with Gasteiger partial charge in [0, 0.05) is 12.2 Å². The smallest absolute Gasteiger partial charge is 0.280 e. The van der Waals surface area contributed by atoms with E-state index in [-0.39, 0.29) is 11.6 Å². The maximum atomic E-state index is 13.2. The SMILES string of the molecule is Cc1nn2c(nnc3c(=O)n([C@@H]4CCCC[C@@H]4C)ccc32)c1-c1ccccc1. The molecule has 4 aromatic rings. The first kappa shape index (κ1) is 17.1. The fourth-order valence-corrected chi connectivity index (χ4v) is 4.58. The number of hydrogen-bond acceptors (Lipinski definition) is 4. The van der Waals surface area contributed by atoms with Gasteiger partial charge in [0.1, 0.15) is 5.52 Å². The molecule has 3 aromatic heterocycles. The Labute approximate surface area is 162 Å². The van der Waals surface area contributed by atoms with Crippen LogP contribution in [0.25, 0.3) is 27.8 Å². The van der Waals surface area contributed by atoms with E-state index in [0.29, 0.717) is 22.6 Å². The van der Waals surface area contributed by atoms with E-state index in [9.17, 15) is 4.79 Å². The predicted octanol–water partition coefficient (Wildman–Crippen LogP) is 4.17. The zero-order chi connectivity index (χ0) is 19.3. The van der Waals surface area contributed by atoms with Crippen LogP contribution in [0.3, 0.4) is 0 Å². The van der Waals surface area contributed by atoms with Crippen molar-refractivity contribution in [3.8, 4) is 11.1 Å². The summed E-state index contributed by atoms with van der Waals surface area (Å²) in [5.74, 6) is 0.497. The minimum absolute atomic E-state index is 0.0694. The van der Waals surface area contributed by atoms with Crippen molar-refractivity contribution in [2.75, 3.05) is 0 Å². The molecule has 0 unspecified atom stereocenters. The number of benzene rings is 1. The van der Waals surface area contributed by atoms with Gasteiger partial charge < -0.3 is 4.57 Å². The molecule has 0 aliphatic heterocycles. The number of hydrogen-bond donors (Lipinski definition) is 0. The largest absolute Gasteiger partial charge is 0.310 e. The second kappa shape index (κ2) is 6.55. The average molecular weight is 373 g/mol. The van der Waals surface area contributed by atoms with E-state index in [1.54, 1.807) is 4.52 Å². The molecule has 0 radical (unpaired) electrons. The standard InChI is InChI=1S/C22H23N5O/c1-14-8-6-7-11-17(14)26-13-12-18-20(22(26)28)23-24-21-19(15(2)25-27(18)21)16-9-4-3-5-10-16/h3-5,9-10,12-14,17H,6-8,11H2,1-2H3/t14-,17+/m0/s1. The summed E-state index contributed by atoms with van der Waals surface area (Å²) in [5.41, 5.74) is 4.58. The number of rotatable bonds is 2. The Bertz CT molecular complexity index is 1220. The van der Waals surface area contributed by atoms with E-state index in [4.69, 9.17) is 0 Å². The lowest BCUT2D eigenvalue weighted by molar-refractivity contribution is 0.253. The normalized spacial score (nSPS) is 20.1. The molecule has 142 valence electrons. The molecule has 0 spiro atoms. The van der Waals surface area contributed by atoms with Crippen molar-refractivity contribution in [2.45, 2.75) is 45.6 Å². The lowest BCUT2D eigenvalue weighted by atomic mass is 9.85. The van der Waals surface area contributed by atoms with E-state index in [1.807, 2.05) is 54.1 Å². The van der Waals surface area contributed by atoms with Crippen LogP contribution in [0.4, 0.5) is 0 Å². The van der Waals surface area contributed by atoms with E-state index >= 15 is 0 Å². The van der Waals surface area contributed by atoms with Gasteiger partial charge in [-0.1, -0.05) is 50.1 Å². The summed E-state index contributed by atoms with van der Waals surface area (Å²) in [7, 11) is 0. The van der Waals surface area contributed by atoms with Crippen molar-refractivity contribution in [3.05, 3.63) is 58.6 Å². The fraction of sp³-hybridized carbons (Fsp3) is 0.364. The third-order valence-electron chi connectivity index (χ3n) is 6.07. The van der Waals surface area contributed by atoms with E-state index < -0.39 is 0 Å². The number of fused-ring (bicyclic) bond motifs is 3. The molecule has 1 aliphatic rings. The van der Waals surface area contributed by atoms with Crippen LogP contribution < -0.4 is 5.56 Å². The first-order valence-electron chi connectivity index (χ1n) is 9.97. The molecule has 1 saturated carbocycles. The molecule has 0 saturated heterocycles. The zero-order valence-electron chi connectivity index (χ0n) is 16.2. The molecule has 6 nitrogen and oxygen atoms in total. The first-order valence-corrected chi connectivity index (χ1v) is 9.97. The number of aromatic nitrogens is 5. The number of nitrogens with zero attached hydrogens (tertiary/aromatic N) is 5. The second-order valence-corrected chi connectivity index (χ2v) is 7.85. The van der Waals surface area contributed by atoms with Gasteiger partial charge >= 0.3 is 0 Å². The monoisotopic (exact) mass is 373 g/mol. The summed E-state index contributed by atoms with van der Waals surface area (Å²) in [6, 6.07) is 12.3. The maximum absolute atomic E-state index is 13.2. The van der Waals surface area contributed by atoms with Gasteiger partial charge in [0.05, 0.1) is 11.3 Å². The van der Waals surface area contributed by atoms with Gasteiger partial charge in [0.15, 0.2) is 11.2 Å². The summed E-state index contributed by atoms with van der Waals surface area (Å²) in [6.07, 6.45) is 6.54. The van der Waals surface area contributed by atoms with Crippen molar-refractivity contribution in [1.29, 1.82) is 0 Å². The first-order chi connectivity index (χ1) is 13.6. The van der Waals surface area contributed by atoms with Crippen molar-refractivity contribution >= 4 is 16.7 Å². The van der Waals surface area contributed by atoms with Gasteiger partial charge in [-0.05, 0) is 37.3 Å². The van der Waals surface area contributed by atoms with Crippen molar-refractivity contribution in [2.24, 2.45) is 5.92 Å². The lowest BCUT2D eigenvalue weighted by Crippen LogP contribution is -2.31. The van der Waals surface area contributed by atoms with Crippen LogP contribution >= 0.6 is 0 Å². The van der Waals surface area contributed by atoms with Crippen LogP contribution in [0, 0.1) is 12.8 Å². The molecule has 6 heteroatoms. The van der Waals surface area contributed by atoms with Crippen LogP contribution in [-0.4, -0.2) is 24.4 Å². The second-order valence-electron chi connectivity index (χ2n) is 7.85. The van der Waals surface area contributed by atoms with Gasteiger partial charge in [-0.15, -0.1) is 10.2 Å². The van der Waals surface area contributed by atoms with Crippen LogP contribution in [0.2, 0.25) is 0 Å². The van der Waals surface area contributed by atoms with Crippen LogP contribution in [0.15, 0.2) is 47.4 Å². The molecule has 0 bridgehead atoms. The summed E-state index contributed by atoms with van der Waals surface area (Å²) in [5, 5.41) is 13.4. The summed E-state index contributed by atoms with van der Waals surface area (Å²) in [4.78, 5) is 13.2. The predicted molar refractivity (Wildman–Crippen MR) is 109 cm³/mol. The molecular weight excluding hydrogens is 350 g/mol.